The highest BCUT2D eigenvalue weighted by Crippen LogP contribution is 2.30. The molecule has 1 aliphatic carbocycles. The lowest BCUT2D eigenvalue weighted by molar-refractivity contribution is -0.143. The first-order chi connectivity index (χ1) is 18.1. The first-order valence-corrected chi connectivity index (χ1v) is 14.1. The molecular weight excluding hydrogens is 462 g/mol. The molecule has 7 nitrogen and oxygen atoms in total. The van der Waals surface area contributed by atoms with Gasteiger partial charge in [-0.25, -0.2) is 0 Å². The van der Waals surface area contributed by atoms with E-state index in [1.807, 2.05) is 35.4 Å². The van der Waals surface area contributed by atoms with Gasteiger partial charge in [0.2, 0.25) is 11.8 Å². The van der Waals surface area contributed by atoms with E-state index in [2.05, 4.69) is 31.8 Å². The van der Waals surface area contributed by atoms with Crippen LogP contribution in [-0.4, -0.2) is 76.8 Å². The van der Waals surface area contributed by atoms with Gasteiger partial charge in [0.05, 0.1) is 5.92 Å². The maximum absolute atomic E-state index is 13.8. The number of anilines is 1. The lowest BCUT2D eigenvalue weighted by Gasteiger charge is -2.46. The van der Waals surface area contributed by atoms with Crippen molar-refractivity contribution in [2.45, 2.75) is 64.6 Å². The second-order valence-electron chi connectivity index (χ2n) is 11.0. The number of para-hydroxylation sites is 1. The molecule has 5 rings (SSSR count). The summed E-state index contributed by atoms with van der Waals surface area (Å²) in [6.45, 7) is 7.78. The Bertz CT molecular complexity index is 1050. The number of carbonyl (C=O) groups is 2. The minimum Gasteiger partial charge on any atom is -0.337 e. The third-order valence-electron chi connectivity index (χ3n) is 8.36. The molecule has 0 atom stereocenters. The van der Waals surface area contributed by atoms with E-state index in [0.29, 0.717) is 25.7 Å². The molecule has 0 bridgehead atoms. The standard InChI is InChI=1S/C30H41N5O2/c1-24(36)35-16-8-15-32(20-25-9-7-14-31-19-25)17-18-33(21-26-10-5-6-13-29(26)35)30(37)27-22-34(23-27)28-11-3-2-4-12-28/h5-7,9-10,13-14,19,27-28H,2-4,8,11-12,15-18,20-23H2,1H3. The summed E-state index contributed by atoms with van der Waals surface area (Å²) in [5.41, 5.74) is 3.16. The van der Waals surface area contributed by atoms with Crippen LogP contribution in [0.25, 0.3) is 0 Å². The van der Waals surface area contributed by atoms with E-state index in [-0.39, 0.29) is 17.7 Å². The van der Waals surface area contributed by atoms with Crippen LogP contribution < -0.4 is 4.90 Å². The van der Waals surface area contributed by atoms with Crippen LogP contribution in [0.3, 0.4) is 0 Å². The average Bonchev–Trinajstić information content (AvgIpc) is 2.92. The van der Waals surface area contributed by atoms with Gasteiger partial charge in [-0.05, 0) is 42.5 Å². The summed E-state index contributed by atoms with van der Waals surface area (Å²) < 4.78 is 0. The van der Waals surface area contributed by atoms with Gasteiger partial charge in [-0.3, -0.25) is 24.4 Å². The molecule has 1 aromatic carbocycles. The Hall–Kier alpha value is -2.77. The Morgan fingerprint density at radius 3 is 2.49 bits per heavy atom. The minimum atomic E-state index is 0.0468. The Morgan fingerprint density at radius 2 is 1.73 bits per heavy atom. The number of fused-ring (bicyclic) bond motifs is 1. The molecule has 2 aliphatic heterocycles. The number of pyridine rings is 1. The average molecular weight is 504 g/mol. The van der Waals surface area contributed by atoms with Gasteiger partial charge in [-0.2, -0.15) is 0 Å². The second kappa shape index (κ2) is 12.2. The second-order valence-corrected chi connectivity index (χ2v) is 11.0. The zero-order chi connectivity index (χ0) is 25.6. The summed E-state index contributed by atoms with van der Waals surface area (Å²) in [5, 5.41) is 0. The van der Waals surface area contributed by atoms with Crippen LogP contribution in [0.4, 0.5) is 5.69 Å². The number of benzene rings is 1. The molecule has 3 aliphatic rings. The minimum absolute atomic E-state index is 0.0468. The molecule has 3 heterocycles. The summed E-state index contributed by atoms with van der Waals surface area (Å²) in [7, 11) is 0. The van der Waals surface area contributed by atoms with Crippen LogP contribution in [0.5, 0.6) is 0 Å². The smallest absolute Gasteiger partial charge is 0.228 e. The monoisotopic (exact) mass is 503 g/mol. The molecule has 1 saturated heterocycles. The first kappa shape index (κ1) is 25.9. The van der Waals surface area contributed by atoms with Gasteiger partial charge in [-0.1, -0.05) is 43.5 Å². The normalized spacial score (nSPS) is 21.1. The van der Waals surface area contributed by atoms with Gasteiger partial charge >= 0.3 is 0 Å². The van der Waals surface area contributed by atoms with Crippen LogP contribution >= 0.6 is 0 Å². The molecule has 2 amide bonds. The van der Waals surface area contributed by atoms with Crippen molar-refractivity contribution in [1.29, 1.82) is 0 Å². The van der Waals surface area contributed by atoms with Crippen molar-refractivity contribution in [3.63, 3.8) is 0 Å². The van der Waals surface area contributed by atoms with E-state index in [1.165, 1.54) is 37.7 Å². The van der Waals surface area contributed by atoms with Crippen molar-refractivity contribution in [2.24, 2.45) is 5.92 Å². The summed E-state index contributed by atoms with van der Waals surface area (Å²) in [6.07, 6.45) is 11.1. The van der Waals surface area contributed by atoms with Crippen molar-refractivity contribution in [3.8, 4) is 0 Å². The van der Waals surface area contributed by atoms with Gasteiger partial charge in [0.25, 0.3) is 0 Å². The molecule has 37 heavy (non-hydrogen) atoms. The molecule has 2 aromatic rings. The van der Waals surface area contributed by atoms with Crippen molar-refractivity contribution < 1.29 is 9.59 Å². The zero-order valence-electron chi connectivity index (χ0n) is 22.2. The molecule has 0 N–H and O–H groups in total. The Balaban J connectivity index is 1.34. The highest BCUT2D eigenvalue weighted by atomic mass is 16.2. The number of likely N-dealkylation sites (tertiary alicyclic amines) is 1. The quantitative estimate of drug-likeness (QED) is 0.633. The molecule has 0 spiro atoms. The third kappa shape index (κ3) is 6.39. The van der Waals surface area contributed by atoms with Crippen LogP contribution in [0.2, 0.25) is 0 Å². The first-order valence-electron chi connectivity index (χ1n) is 14.1. The fourth-order valence-electron chi connectivity index (χ4n) is 6.23. The van der Waals surface area contributed by atoms with Crippen LogP contribution in [0, 0.1) is 5.92 Å². The molecule has 198 valence electrons. The summed E-state index contributed by atoms with van der Waals surface area (Å²) in [4.78, 5) is 39.7. The molecule has 7 heteroatoms. The lowest BCUT2D eigenvalue weighted by atomic mass is 9.88. The van der Waals surface area contributed by atoms with E-state index < -0.39 is 0 Å². The Morgan fingerprint density at radius 1 is 0.919 bits per heavy atom. The predicted octanol–water partition coefficient (Wildman–Crippen LogP) is 3.93. The van der Waals surface area contributed by atoms with Crippen molar-refractivity contribution >= 4 is 17.5 Å². The van der Waals surface area contributed by atoms with Gasteiger partial charge in [-0.15, -0.1) is 0 Å². The van der Waals surface area contributed by atoms with Crippen LogP contribution in [0.15, 0.2) is 48.8 Å². The summed E-state index contributed by atoms with van der Waals surface area (Å²) in [5.74, 6) is 0.386. The number of hydrogen-bond donors (Lipinski definition) is 0. The predicted molar refractivity (Wildman–Crippen MR) is 146 cm³/mol. The zero-order valence-corrected chi connectivity index (χ0v) is 22.2. The summed E-state index contributed by atoms with van der Waals surface area (Å²) >= 11 is 0. The Kier molecular flexibility index (Phi) is 8.52. The van der Waals surface area contributed by atoms with E-state index in [0.717, 1.165) is 50.4 Å². The van der Waals surface area contributed by atoms with Crippen LogP contribution in [-0.2, 0) is 22.7 Å². The van der Waals surface area contributed by atoms with Crippen molar-refractivity contribution in [1.82, 2.24) is 19.7 Å². The van der Waals surface area contributed by atoms with Crippen LogP contribution in [0.1, 0.15) is 56.6 Å². The molecule has 0 unspecified atom stereocenters. The number of nitrogens with zero attached hydrogens (tertiary/aromatic N) is 5. The van der Waals surface area contributed by atoms with E-state index in [9.17, 15) is 9.59 Å². The highest BCUT2D eigenvalue weighted by Gasteiger charge is 2.39. The largest absolute Gasteiger partial charge is 0.337 e. The third-order valence-corrected chi connectivity index (χ3v) is 8.36. The number of amides is 2. The van der Waals surface area contributed by atoms with E-state index in [1.54, 1.807) is 13.1 Å². The fourth-order valence-corrected chi connectivity index (χ4v) is 6.23. The number of carbonyl (C=O) groups excluding carboxylic acids is 2. The van der Waals surface area contributed by atoms with Crippen molar-refractivity contribution in [2.75, 3.05) is 44.2 Å². The number of rotatable bonds is 4. The van der Waals surface area contributed by atoms with Gasteiger partial charge in [0.1, 0.15) is 0 Å². The topological polar surface area (TPSA) is 60.0 Å². The van der Waals surface area contributed by atoms with E-state index in [4.69, 9.17) is 0 Å². The van der Waals surface area contributed by atoms with E-state index >= 15 is 0 Å². The van der Waals surface area contributed by atoms with Gasteiger partial charge in [0, 0.05) is 83.4 Å². The molecule has 1 aromatic heterocycles. The summed E-state index contributed by atoms with van der Waals surface area (Å²) in [6, 6.07) is 12.9. The fraction of sp³-hybridized carbons (Fsp3) is 0.567. The maximum Gasteiger partial charge on any atom is 0.228 e. The SMILES string of the molecule is CC(=O)N1CCCN(Cc2cccnc2)CCN(C(=O)C2CN(C3CCCCC3)C2)Cc2ccccc21. The molecule has 0 radical (unpaired) electrons. The van der Waals surface area contributed by atoms with Gasteiger partial charge in [0.15, 0.2) is 0 Å². The highest BCUT2D eigenvalue weighted by molar-refractivity contribution is 5.92. The maximum atomic E-state index is 13.8. The number of aromatic nitrogens is 1. The molecular formula is C30H41N5O2. The molecule has 2 fully saturated rings. The number of hydrogen-bond acceptors (Lipinski definition) is 5. The lowest BCUT2D eigenvalue weighted by Crippen LogP contribution is -2.58. The van der Waals surface area contributed by atoms with Crippen molar-refractivity contribution in [3.05, 3.63) is 59.9 Å². The van der Waals surface area contributed by atoms with Gasteiger partial charge < -0.3 is 9.80 Å². The Labute approximate surface area is 221 Å². The molecule has 1 saturated carbocycles.